The van der Waals surface area contributed by atoms with Gasteiger partial charge in [-0.15, -0.1) is 0 Å². The summed E-state index contributed by atoms with van der Waals surface area (Å²) in [5.74, 6) is 0.414. The van der Waals surface area contributed by atoms with Crippen LogP contribution in [-0.2, 0) is 4.79 Å². The molecule has 2 aliphatic rings. The molecular formula is C19H23N5O2. The highest BCUT2D eigenvalue weighted by Crippen LogP contribution is 2.28. The molecule has 2 heterocycles. The molecule has 7 heteroatoms. The van der Waals surface area contributed by atoms with Crippen molar-refractivity contribution in [2.45, 2.75) is 25.7 Å². The summed E-state index contributed by atoms with van der Waals surface area (Å²) in [6.07, 6.45) is 4.07. The average Bonchev–Trinajstić information content (AvgIpc) is 3.40. The van der Waals surface area contributed by atoms with Gasteiger partial charge in [-0.25, -0.2) is 0 Å². The molecule has 1 aromatic heterocycles. The minimum atomic E-state index is -0.169. The summed E-state index contributed by atoms with van der Waals surface area (Å²) < 4.78 is 0. The third kappa shape index (κ3) is 3.61. The van der Waals surface area contributed by atoms with E-state index in [1.165, 1.54) is 12.8 Å². The van der Waals surface area contributed by atoms with Gasteiger partial charge in [-0.3, -0.25) is 9.59 Å². The number of hydrogen-bond acceptors (Lipinski definition) is 4. The van der Waals surface area contributed by atoms with Gasteiger partial charge in [0.2, 0.25) is 5.91 Å². The Labute approximate surface area is 152 Å². The third-order valence-electron chi connectivity index (χ3n) is 5.14. The molecule has 1 aliphatic heterocycles. The molecule has 0 radical (unpaired) electrons. The van der Waals surface area contributed by atoms with E-state index in [0.29, 0.717) is 30.4 Å². The highest BCUT2D eigenvalue weighted by Gasteiger charge is 2.32. The molecule has 1 unspecified atom stereocenters. The first-order valence-corrected chi connectivity index (χ1v) is 9.25. The normalized spacial score (nSPS) is 20.0. The predicted molar refractivity (Wildman–Crippen MR) is 96.2 cm³/mol. The zero-order valence-electron chi connectivity index (χ0n) is 14.6. The number of carbonyl (C=O) groups excluding carboxylic acids is 2. The van der Waals surface area contributed by atoms with Crippen molar-refractivity contribution >= 4 is 11.8 Å². The summed E-state index contributed by atoms with van der Waals surface area (Å²) in [6.45, 7) is 1.85. The SMILES string of the molecule is O=C(NCC1CC1)C1CCCN(C(=O)c2n[nH]nc2-c2ccccc2)C1. The van der Waals surface area contributed by atoms with E-state index in [1.54, 1.807) is 4.90 Å². The molecular weight excluding hydrogens is 330 g/mol. The van der Waals surface area contributed by atoms with Crippen molar-refractivity contribution in [3.05, 3.63) is 36.0 Å². The molecule has 1 saturated heterocycles. The molecule has 2 fully saturated rings. The van der Waals surface area contributed by atoms with E-state index in [2.05, 4.69) is 20.7 Å². The lowest BCUT2D eigenvalue weighted by atomic mass is 9.96. The largest absolute Gasteiger partial charge is 0.356 e. The maximum absolute atomic E-state index is 13.0. The van der Waals surface area contributed by atoms with Crippen LogP contribution in [0.15, 0.2) is 30.3 Å². The van der Waals surface area contributed by atoms with Crippen molar-refractivity contribution in [1.29, 1.82) is 0 Å². The third-order valence-corrected chi connectivity index (χ3v) is 5.14. The first-order valence-electron chi connectivity index (χ1n) is 9.25. The monoisotopic (exact) mass is 353 g/mol. The van der Waals surface area contributed by atoms with E-state index in [4.69, 9.17) is 0 Å². The first-order chi connectivity index (χ1) is 12.7. The fraction of sp³-hybridized carbons (Fsp3) is 0.474. The van der Waals surface area contributed by atoms with Gasteiger partial charge in [0.1, 0.15) is 5.69 Å². The predicted octanol–water partition coefficient (Wildman–Crippen LogP) is 1.85. The Balaban J connectivity index is 1.44. The van der Waals surface area contributed by atoms with Crippen molar-refractivity contribution in [2.75, 3.05) is 19.6 Å². The fourth-order valence-electron chi connectivity index (χ4n) is 3.41. The highest BCUT2D eigenvalue weighted by atomic mass is 16.2. The van der Waals surface area contributed by atoms with Crippen molar-refractivity contribution in [2.24, 2.45) is 11.8 Å². The van der Waals surface area contributed by atoms with Crippen molar-refractivity contribution in [1.82, 2.24) is 25.6 Å². The standard InChI is InChI=1S/C19H23N5O2/c25-18(20-11-13-8-9-13)15-7-4-10-24(12-15)19(26)17-16(21-23-22-17)14-5-2-1-3-6-14/h1-3,5-6,13,15H,4,7-12H2,(H,20,25)(H,21,22,23). The molecule has 1 atom stereocenters. The molecule has 136 valence electrons. The number of aromatic nitrogens is 3. The van der Waals surface area contributed by atoms with Gasteiger partial charge in [0.15, 0.2) is 5.69 Å². The molecule has 0 spiro atoms. The maximum Gasteiger partial charge on any atom is 0.276 e. The number of benzene rings is 1. The minimum absolute atomic E-state index is 0.0674. The van der Waals surface area contributed by atoms with Crippen molar-refractivity contribution in [3.8, 4) is 11.3 Å². The topological polar surface area (TPSA) is 91.0 Å². The van der Waals surface area contributed by atoms with Gasteiger partial charge in [-0.05, 0) is 31.6 Å². The van der Waals surface area contributed by atoms with Crippen LogP contribution in [0.5, 0.6) is 0 Å². The smallest absolute Gasteiger partial charge is 0.276 e. The second-order valence-corrected chi connectivity index (χ2v) is 7.17. The summed E-state index contributed by atoms with van der Waals surface area (Å²) >= 11 is 0. The number of rotatable bonds is 5. The molecule has 26 heavy (non-hydrogen) atoms. The maximum atomic E-state index is 13.0. The summed E-state index contributed by atoms with van der Waals surface area (Å²) in [6, 6.07) is 9.53. The van der Waals surface area contributed by atoms with Crippen LogP contribution in [0.3, 0.4) is 0 Å². The van der Waals surface area contributed by atoms with E-state index < -0.39 is 0 Å². The van der Waals surface area contributed by atoms with Crippen LogP contribution in [0, 0.1) is 11.8 Å². The Hall–Kier alpha value is -2.70. The number of aromatic amines is 1. The summed E-state index contributed by atoms with van der Waals surface area (Å²) in [5, 5.41) is 13.8. The lowest BCUT2D eigenvalue weighted by Crippen LogP contribution is -2.46. The lowest BCUT2D eigenvalue weighted by Gasteiger charge is -2.31. The average molecular weight is 353 g/mol. The molecule has 1 aliphatic carbocycles. The summed E-state index contributed by atoms with van der Waals surface area (Å²) in [5.41, 5.74) is 1.71. The van der Waals surface area contributed by atoms with E-state index in [1.807, 2.05) is 30.3 Å². The van der Waals surface area contributed by atoms with E-state index in [0.717, 1.165) is 24.9 Å². The number of amides is 2. The minimum Gasteiger partial charge on any atom is -0.356 e. The highest BCUT2D eigenvalue weighted by molar-refractivity contribution is 5.98. The van der Waals surface area contributed by atoms with Crippen LogP contribution in [0.4, 0.5) is 0 Å². The second kappa shape index (κ2) is 7.27. The quantitative estimate of drug-likeness (QED) is 0.858. The van der Waals surface area contributed by atoms with Gasteiger partial charge in [0, 0.05) is 25.2 Å². The van der Waals surface area contributed by atoms with Crippen LogP contribution in [0.1, 0.15) is 36.2 Å². The zero-order valence-corrected chi connectivity index (χ0v) is 14.6. The van der Waals surface area contributed by atoms with Gasteiger partial charge >= 0.3 is 0 Å². The van der Waals surface area contributed by atoms with E-state index in [-0.39, 0.29) is 17.7 Å². The molecule has 4 rings (SSSR count). The number of H-pyrrole nitrogens is 1. The number of nitrogens with one attached hydrogen (secondary N) is 2. The van der Waals surface area contributed by atoms with Crippen LogP contribution in [0.25, 0.3) is 11.3 Å². The van der Waals surface area contributed by atoms with Gasteiger partial charge in [-0.2, -0.15) is 15.4 Å². The Morgan fingerprint density at radius 3 is 2.73 bits per heavy atom. The van der Waals surface area contributed by atoms with Gasteiger partial charge < -0.3 is 10.2 Å². The number of carbonyl (C=O) groups is 2. The van der Waals surface area contributed by atoms with Crippen LogP contribution < -0.4 is 5.32 Å². The van der Waals surface area contributed by atoms with Gasteiger partial charge in [0.05, 0.1) is 5.92 Å². The fourth-order valence-corrected chi connectivity index (χ4v) is 3.41. The number of likely N-dealkylation sites (tertiary alicyclic amines) is 1. The molecule has 2 amide bonds. The van der Waals surface area contributed by atoms with Crippen LogP contribution in [-0.4, -0.2) is 51.8 Å². The van der Waals surface area contributed by atoms with Gasteiger partial charge in [-0.1, -0.05) is 30.3 Å². The van der Waals surface area contributed by atoms with Crippen LogP contribution >= 0.6 is 0 Å². The number of nitrogens with zero attached hydrogens (tertiary/aromatic N) is 3. The Morgan fingerprint density at radius 2 is 1.96 bits per heavy atom. The van der Waals surface area contributed by atoms with Gasteiger partial charge in [0.25, 0.3) is 5.91 Å². The van der Waals surface area contributed by atoms with Crippen molar-refractivity contribution < 1.29 is 9.59 Å². The molecule has 0 bridgehead atoms. The lowest BCUT2D eigenvalue weighted by molar-refractivity contribution is -0.126. The Kier molecular flexibility index (Phi) is 4.69. The number of hydrogen-bond donors (Lipinski definition) is 2. The molecule has 2 N–H and O–H groups in total. The van der Waals surface area contributed by atoms with Crippen molar-refractivity contribution in [3.63, 3.8) is 0 Å². The Bertz CT molecular complexity index is 784. The van der Waals surface area contributed by atoms with Crippen LogP contribution in [0.2, 0.25) is 0 Å². The summed E-state index contributed by atoms with van der Waals surface area (Å²) in [4.78, 5) is 27.1. The number of piperidine rings is 1. The second-order valence-electron chi connectivity index (χ2n) is 7.17. The molecule has 7 nitrogen and oxygen atoms in total. The summed E-state index contributed by atoms with van der Waals surface area (Å²) in [7, 11) is 0. The molecule has 1 aromatic carbocycles. The molecule has 1 saturated carbocycles. The Morgan fingerprint density at radius 1 is 1.15 bits per heavy atom. The first kappa shape index (κ1) is 16.8. The van der Waals surface area contributed by atoms with E-state index in [9.17, 15) is 9.59 Å². The zero-order chi connectivity index (χ0) is 17.9. The molecule has 2 aromatic rings. The van der Waals surface area contributed by atoms with E-state index >= 15 is 0 Å².